The first-order valence-electron chi connectivity index (χ1n) is 8.14. The molecule has 0 N–H and O–H groups in total. The molecule has 1 atom stereocenters. The van der Waals surface area contributed by atoms with E-state index in [-0.39, 0.29) is 0 Å². The van der Waals surface area contributed by atoms with Crippen LogP contribution in [-0.4, -0.2) is 32.6 Å². The van der Waals surface area contributed by atoms with Gasteiger partial charge in [0.2, 0.25) is 0 Å². The van der Waals surface area contributed by atoms with Gasteiger partial charge in [0.05, 0.1) is 19.3 Å². The number of hydrogen-bond donors (Lipinski definition) is 0. The van der Waals surface area contributed by atoms with Gasteiger partial charge in [-0.25, -0.2) is 4.98 Å². The molecule has 0 amide bonds. The van der Waals surface area contributed by atoms with E-state index in [4.69, 9.17) is 4.74 Å². The van der Waals surface area contributed by atoms with Crippen LogP contribution >= 0.6 is 11.3 Å². The minimum atomic E-state index is 0.417. The summed E-state index contributed by atoms with van der Waals surface area (Å²) in [6, 6.07) is 8.17. The fourth-order valence-electron chi connectivity index (χ4n) is 3.12. The first-order chi connectivity index (χ1) is 11.9. The predicted molar refractivity (Wildman–Crippen MR) is 93.9 cm³/mol. The van der Waals surface area contributed by atoms with Gasteiger partial charge in [-0.15, -0.1) is 11.3 Å². The van der Waals surface area contributed by atoms with Crippen molar-refractivity contribution in [3.63, 3.8) is 0 Å². The van der Waals surface area contributed by atoms with Gasteiger partial charge in [0.25, 0.3) is 0 Å². The average molecular weight is 340 g/mol. The minimum Gasteiger partial charge on any atom is -0.492 e. The molecule has 0 radical (unpaired) electrons. The third kappa shape index (κ3) is 3.66. The molecule has 3 aromatic heterocycles. The van der Waals surface area contributed by atoms with E-state index in [0.29, 0.717) is 12.5 Å². The molecule has 4 rings (SSSR count). The number of hydrogen-bond acceptors (Lipinski definition) is 5. The Hall–Kier alpha value is -2.18. The highest BCUT2D eigenvalue weighted by Gasteiger charge is 2.23. The minimum absolute atomic E-state index is 0.417. The van der Waals surface area contributed by atoms with E-state index in [1.165, 1.54) is 4.88 Å². The number of aromatic nitrogens is 3. The molecule has 0 spiro atoms. The first kappa shape index (κ1) is 15.4. The number of thiophene rings is 1. The lowest BCUT2D eigenvalue weighted by atomic mass is 10.1. The SMILES string of the molecule is c1cncc(OCC2CN(Cc3cccs3)Cc3nccn3C2)c1. The lowest BCUT2D eigenvalue weighted by molar-refractivity contribution is 0.168. The number of rotatable bonds is 5. The molecule has 24 heavy (non-hydrogen) atoms. The van der Waals surface area contributed by atoms with Crippen LogP contribution in [-0.2, 0) is 19.6 Å². The second-order valence-electron chi connectivity index (χ2n) is 6.11. The van der Waals surface area contributed by atoms with E-state index in [0.717, 1.165) is 37.8 Å². The Kier molecular flexibility index (Phi) is 4.57. The standard InChI is InChI=1S/C18H20N4OS/c1-3-16(9-19-5-1)23-14-15-10-21(12-17-4-2-8-24-17)13-18-20-6-7-22(18)11-15/h1-9,15H,10-14H2. The molecule has 124 valence electrons. The maximum absolute atomic E-state index is 5.96. The average Bonchev–Trinajstić information content (AvgIpc) is 3.23. The molecule has 1 aliphatic heterocycles. The number of pyridine rings is 1. The van der Waals surface area contributed by atoms with E-state index in [2.05, 4.69) is 43.1 Å². The summed E-state index contributed by atoms with van der Waals surface area (Å²) in [5.74, 6) is 2.38. The second kappa shape index (κ2) is 7.15. The van der Waals surface area contributed by atoms with Crippen LogP contribution in [0.3, 0.4) is 0 Å². The Morgan fingerprint density at radius 2 is 2.21 bits per heavy atom. The number of ether oxygens (including phenoxy) is 1. The Balaban J connectivity index is 1.46. The summed E-state index contributed by atoms with van der Waals surface area (Å²) < 4.78 is 8.21. The number of imidazole rings is 1. The van der Waals surface area contributed by atoms with Crippen LogP contribution in [0.1, 0.15) is 10.7 Å². The van der Waals surface area contributed by atoms with Crippen LogP contribution in [0.15, 0.2) is 54.4 Å². The van der Waals surface area contributed by atoms with Crippen molar-refractivity contribution >= 4 is 11.3 Å². The highest BCUT2D eigenvalue weighted by molar-refractivity contribution is 7.09. The van der Waals surface area contributed by atoms with E-state index >= 15 is 0 Å². The van der Waals surface area contributed by atoms with Crippen molar-refractivity contribution in [2.24, 2.45) is 5.92 Å². The number of fused-ring (bicyclic) bond motifs is 1. The third-order valence-corrected chi connectivity index (χ3v) is 5.08. The van der Waals surface area contributed by atoms with Crippen LogP contribution in [0.4, 0.5) is 0 Å². The van der Waals surface area contributed by atoms with Crippen LogP contribution < -0.4 is 4.74 Å². The van der Waals surface area contributed by atoms with Gasteiger partial charge in [-0.05, 0) is 23.6 Å². The zero-order chi connectivity index (χ0) is 16.2. The summed E-state index contributed by atoms with van der Waals surface area (Å²) in [5.41, 5.74) is 0. The summed E-state index contributed by atoms with van der Waals surface area (Å²) in [6.07, 6.45) is 7.49. The lowest BCUT2D eigenvalue weighted by Gasteiger charge is -2.23. The van der Waals surface area contributed by atoms with Crippen LogP contribution in [0, 0.1) is 5.92 Å². The Labute approximate surface area is 145 Å². The normalized spacial score (nSPS) is 18.1. The summed E-state index contributed by atoms with van der Waals surface area (Å²) in [4.78, 5) is 12.5. The van der Waals surface area contributed by atoms with E-state index in [9.17, 15) is 0 Å². The van der Waals surface area contributed by atoms with E-state index in [1.54, 1.807) is 12.4 Å². The largest absolute Gasteiger partial charge is 0.492 e. The van der Waals surface area contributed by atoms with Crippen LogP contribution in [0.25, 0.3) is 0 Å². The van der Waals surface area contributed by atoms with Gasteiger partial charge in [0.1, 0.15) is 11.6 Å². The molecule has 0 fully saturated rings. The molecule has 1 aliphatic rings. The highest BCUT2D eigenvalue weighted by Crippen LogP contribution is 2.20. The van der Waals surface area contributed by atoms with Gasteiger partial charge in [0, 0.05) is 49.0 Å². The molecule has 0 bridgehead atoms. The van der Waals surface area contributed by atoms with Crippen molar-refractivity contribution in [1.29, 1.82) is 0 Å². The van der Waals surface area contributed by atoms with Crippen molar-refractivity contribution in [1.82, 2.24) is 19.4 Å². The lowest BCUT2D eigenvalue weighted by Crippen LogP contribution is -2.30. The van der Waals surface area contributed by atoms with Gasteiger partial charge in [-0.1, -0.05) is 6.07 Å². The molecule has 4 heterocycles. The van der Waals surface area contributed by atoms with Crippen LogP contribution in [0.2, 0.25) is 0 Å². The van der Waals surface area contributed by atoms with Gasteiger partial charge in [-0.2, -0.15) is 0 Å². The van der Waals surface area contributed by atoms with Gasteiger partial charge in [-0.3, -0.25) is 9.88 Å². The Morgan fingerprint density at radius 1 is 1.21 bits per heavy atom. The molecule has 0 saturated carbocycles. The smallest absolute Gasteiger partial charge is 0.137 e. The van der Waals surface area contributed by atoms with Crippen molar-refractivity contribution in [2.45, 2.75) is 19.6 Å². The highest BCUT2D eigenvalue weighted by atomic mass is 32.1. The third-order valence-electron chi connectivity index (χ3n) is 4.22. The summed E-state index contributed by atoms with van der Waals surface area (Å²) >= 11 is 1.81. The zero-order valence-electron chi connectivity index (χ0n) is 13.4. The maximum Gasteiger partial charge on any atom is 0.137 e. The molecule has 6 heteroatoms. The van der Waals surface area contributed by atoms with Gasteiger partial charge >= 0.3 is 0 Å². The molecular formula is C18H20N4OS. The molecule has 3 aromatic rings. The first-order valence-corrected chi connectivity index (χ1v) is 9.02. The number of nitrogens with zero attached hydrogens (tertiary/aromatic N) is 4. The second-order valence-corrected chi connectivity index (χ2v) is 7.14. The van der Waals surface area contributed by atoms with Gasteiger partial charge < -0.3 is 9.30 Å². The molecule has 0 aliphatic carbocycles. The molecule has 5 nitrogen and oxygen atoms in total. The Bertz CT molecular complexity index is 756. The molecule has 1 unspecified atom stereocenters. The van der Waals surface area contributed by atoms with Crippen molar-refractivity contribution in [3.8, 4) is 5.75 Å². The Morgan fingerprint density at radius 3 is 3.04 bits per heavy atom. The molecule has 0 saturated heterocycles. The zero-order valence-corrected chi connectivity index (χ0v) is 14.2. The molecular weight excluding hydrogens is 320 g/mol. The predicted octanol–water partition coefficient (Wildman–Crippen LogP) is 3.05. The quantitative estimate of drug-likeness (QED) is 0.716. The van der Waals surface area contributed by atoms with Gasteiger partial charge in [0.15, 0.2) is 0 Å². The van der Waals surface area contributed by atoms with Crippen molar-refractivity contribution in [2.75, 3.05) is 13.2 Å². The summed E-state index contributed by atoms with van der Waals surface area (Å²) in [5, 5.41) is 2.14. The van der Waals surface area contributed by atoms with Crippen molar-refractivity contribution in [3.05, 3.63) is 65.1 Å². The summed E-state index contributed by atoms with van der Waals surface area (Å²) in [7, 11) is 0. The van der Waals surface area contributed by atoms with Crippen LogP contribution in [0.5, 0.6) is 5.75 Å². The van der Waals surface area contributed by atoms with Crippen molar-refractivity contribution < 1.29 is 4.74 Å². The fourth-order valence-corrected chi connectivity index (χ4v) is 3.87. The van der Waals surface area contributed by atoms with E-state index < -0.39 is 0 Å². The molecule has 0 aromatic carbocycles. The fraction of sp³-hybridized carbons (Fsp3) is 0.333. The topological polar surface area (TPSA) is 43.2 Å². The summed E-state index contributed by atoms with van der Waals surface area (Å²) in [6.45, 7) is 4.48. The van der Waals surface area contributed by atoms with E-state index in [1.807, 2.05) is 29.7 Å². The monoisotopic (exact) mass is 340 g/mol. The maximum atomic E-state index is 5.96.